The lowest BCUT2D eigenvalue weighted by Gasteiger charge is -2.23. The first-order valence-electron chi connectivity index (χ1n) is 12.1. The normalized spacial score (nSPS) is 10.8. The van der Waals surface area contributed by atoms with Gasteiger partial charge in [0.2, 0.25) is 5.88 Å². The maximum atomic E-state index is 13.8. The molecule has 0 radical (unpaired) electrons. The predicted octanol–water partition coefficient (Wildman–Crippen LogP) is 7.07. The number of aryl methyl sites for hydroxylation is 1. The second kappa shape index (κ2) is 11.3. The molecule has 0 aliphatic rings. The quantitative estimate of drug-likeness (QED) is 0.205. The van der Waals surface area contributed by atoms with Crippen LogP contribution in [0.25, 0.3) is 5.69 Å². The van der Waals surface area contributed by atoms with E-state index in [0.717, 1.165) is 16.9 Å². The highest BCUT2D eigenvalue weighted by Gasteiger charge is 2.26. The van der Waals surface area contributed by atoms with Crippen LogP contribution >= 0.6 is 11.6 Å². The number of hydrogen-bond donors (Lipinski definition) is 0. The highest BCUT2D eigenvalue weighted by molar-refractivity contribution is 6.33. The number of furan rings is 1. The van der Waals surface area contributed by atoms with E-state index < -0.39 is 0 Å². The Labute approximate surface area is 225 Å². The lowest BCUT2D eigenvalue weighted by atomic mass is 10.1. The number of amides is 1. The van der Waals surface area contributed by atoms with Crippen molar-refractivity contribution < 1.29 is 18.7 Å². The zero-order valence-electron chi connectivity index (χ0n) is 21.0. The van der Waals surface area contributed by atoms with Gasteiger partial charge in [-0.3, -0.25) is 4.79 Å². The molecule has 3 aromatic carbocycles. The van der Waals surface area contributed by atoms with Crippen molar-refractivity contribution in [3.8, 4) is 23.1 Å². The first-order chi connectivity index (χ1) is 18.5. The first kappa shape index (κ1) is 25.2. The molecule has 5 rings (SSSR count). The molecule has 0 aliphatic carbocycles. The SMILES string of the molecule is COc1ccccc1Oc1c(CN(Cc2ccco2)C(=O)c2ccccc2Cl)c(C)nn1-c1ccccc1. The van der Waals surface area contributed by atoms with E-state index in [1.54, 1.807) is 53.3 Å². The second-order valence-electron chi connectivity index (χ2n) is 8.59. The average Bonchev–Trinajstić information content (AvgIpc) is 3.57. The Morgan fingerprint density at radius 1 is 0.921 bits per heavy atom. The summed E-state index contributed by atoms with van der Waals surface area (Å²) in [5, 5.41) is 5.17. The van der Waals surface area contributed by atoms with Crippen molar-refractivity contribution >= 4 is 17.5 Å². The van der Waals surface area contributed by atoms with Crippen molar-refractivity contribution in [2.24, 2.45) is 0 Å². The summed E-state index contributed by atoms with van der Waals surface area (Å²) in [5.41, 5.74) is 2.68. The minimum Gasteiger partial charge on any atom is -0.493 e. The van der Waals surface area contributed by atoms with Gasteiger partial charge in [0.25, 0.3) is 5.91 Å². The van der Waals surface area contributed by atoms with Crippen LogP contribution in [0, 0.1) is 6.92 Å². The molecule has 0 N–H and O–H groups in total. The van der Waals surface area contributed by atoms with Gasteiger partial charge in [0.05, 0.1) is 54.0 Å². The van der Waals surface area contributed by atoms with Crippen LogP contribution < -0.4 is 9.47 Å². The number of carbonyl (C=O) groups is 1. The van der Waals surface area contributed by atoms with E-state index in [9.17, 15) is 4.79 Å². The summed E-state index contributed by atoms with van der Waals surface area (Å²) < 4.78 is 19.3. The number of para-hydroxylation sites is 3. The Kier molecular flexibility index (Phi) is 7.47. The molecule has 38 heavy (non-hydrogen) atoms. The van der Waals surface area contributed by atoms with Crippen LogP contribution in [-0.4, -0.2) is 27.7 Å². The summed E-state index contributed by atoms with van der Waals surface area (Å²) in [6.07, 6.45) is 1.59. The maximum absolute atomic E-state index is 13.8. The van der Waals surface area contributed by atoms with Gasteiger partial charge in [-0.2, -0.15) is 5.10 Å². The molecule has 2 aromatic heterocycles. The molecule has 7 nitrogen and oxygen atoms in total. The lowest BCUT2D eigenvalue weighted by molar-refractivity contribution is 0.0716. The fraction of sp³-hybridized carbons (Fsp3) is 0.133. The van der Waals surface area contributed by atoms with Crippen molar-refractivity contribution in [3.05, 3.63) is 125 Å². The van der Waals surface area contributed by atoms with Crippen LogP contribution in [0.4, 0.5) is 0 Å². The number of benzene rings is 3. The number of aromatic nitrogens is 2. The van der Waals surface area contributed by atoms with Gasteiger partial charge < -0.3 is 18.8 Å². The molecule has 0 saturated heterocycles. The third-order valence-electron chi connectivity index (χ3n) is 6.08. The monoisotopic (exact) mass is 527 g/mol. The Morgan fingerprint density at radius 3 is 2.34 bits per heavy atom. The van der Waals surface area contributed by atoms with Crippen molar-refractivity contribution in [3.63, 3.8) is 0 Å². The van der Waals surface area contributed by atoms with Crippen LogP contribution in [-0.2, 0) is 13.1 Å². The number of halogens is 1. The van der Waals surface area contributed by atoms with Gasteiger partial charge in [-0.1, -0.05) is 54.1 Å². The summed E-state index contributed by atoms with van der Waals surface area (Å²) in [7, 11) is 1.59. The number of nitrogens with zero attached hydrogens (tertiary/aromatic N) is 3. The first-order valence-corrected chi connectivity index (χ1v) is 12.4. The van der Waals surface area contributed by atoms with E-state index in [2.05, 4.69) is 0 Å². The Morgan fingerprint density at radius 2 is 1.63 bits per heavy atom. The fourth-order valence-corrected chi connectivity index (χ4v) is 4.38. The highest BCUT2D eigenvalue weighted by Crippen LogP contribution is 2.36. The van der Waals surface area contributed by atoms with E-state index >= 15 is 0 Å². The molecule has 0 spiro atoms. The van der Waals surface area contributed by atoms with Crippen molar-refractivity contribution in [2.75, 3.05) is 7.11 Å². The van der Waals surface area contributed by atoms with Gasteiger partial charge in [0, 0.05) is 0 Å². The highest BCUT2D eigenvalue weighted by atomic mass is 35.5. The molecular weight excluding hydrogens is 502 g/mol. The van der Waals surface area contributed by atoms with E-state index in [1.165, 1.54) is 0 Å². The Bertz CT molecular complexity index is 1530. The smallest absolute Gasteiger partial charge is 0.256 e. The minimum atomic E-state index is -0.234. The number of hydrogen-bond acceptors (Lipinski definition) is 5. The van der Waals surface area contributed by atoms with Gasteiger partial charge in [-0.05, 0) is 55.5 Å². The van der Waals surface area contributed by atoms with Crippen molar-refractivity contribution in [1.82, 2.24) is 14.7 Å². The molecule has 0 atom stereocenters. The summed E-state index contributed by atoms with van der Waals surface area (Å²) in [5.74, 6) is 2.00. The van der Waals surface area contributed by atoms with Gasteiger partial charge in [0.15, 0.2) is 11.5 Å². The molecule has 0 fully saturated rings. The number of rotatable bonds is 9. The number of ether oxygens (including phenoxy) is 2. The molecule has 0 saturated carbocycles. The van der Waals surface area contributed by atoms with E-state index in [4.69, 9.17) is 30.6 Å². The molecule has 0 aliphatic heterocycles. The fourth-order valence-electron chi connectivity index (χ4n) is 4.16. The van der Waals surface area contributed by atoms with Crippen molar-refractivity contribution in [2.45, 2.75) is 20.0 Å². The summed E-state index contributed by atoms with van der Waals surface area (Å²) in [6.45, 7) is 2.34. The number of methoxy groups -OCH3 is 1. The van der Waals surface area contributed by atoms with Crippen LogP contribution in [0.1, 0.15) is 27.4 Å². The third kappa shape index (κ3) is 5.28. The summed E-state index contributed by atoms with van der Waals surface area (Å²) in [4.78, 5) is 15.4. The van der Waals surface area contributed by atoms with Crippen LogP contribution in [0.15, 0.2) is 102 Å². The third-order valence-corrected chi connectivity index (χ3v) is 6.41. The van der Waals surface area contributed by atoms with Gasteiger partial charge in [-0.25, -0.2) is 4.68 Å². The Hall–Kier alpha value is -4.49. The molecule has 8 heteroatoms. The molecule has 5 aromatic rings. The van der Waals surface area contributed by atoms with Crippen LogP contribution in [0.2, 0.25) is 5.02 Å². The molecular formula is C30H26ClN3O4. The molecule has 1 amide bonds. The van der Waals surface area contributed by atoms with E-state index in [0.29, 0.717) is 33.7 Å². The standard InChI is InChI=1S/C30H26ClN3O4/c1-21-25(20-33(19-23-13-10-18-37-23)29(35)24-14-6-7-15-26(24)31)30(34(32-21)22-11-4-3-5-12-22)38-28-17-9-8-16-27(28)36-2/h3-18H,19-20H2,1-2H3. The molecule has 192 valence electrons. The molecule has 0 bridgehead atoms. The molecule has 2 heterocycles. The second-order valence-corrected chi connectivity index (χ2v) is 9.00. The molecule has 0 unspecified atom stereocenters. The van der Waals surface area contributed by atoms with Crippen molar-refractivity contribution in [1.29, 1.82) is 0 Å². The van der Waals surface area contributed by atoms with Gasteiger partial charge in [0.1, 0.15) is 5.76 Å². The largest absolute Gasteiger partial charge is 0.493 e. The van der Waals surface area contributed by atoms with Crippen LogP contribution in [0.3, 0.4) is 0 Å². The van der Waals surface area contributed by atoms with E-state index in [-0.39, 0.29) is 19.0 Å². The van der Waals surface area contributed by atoms with Gasteiger partial charge >= 0.3 is 0 Å². The van der Waals surface area contributed by atoms with E-state index in [1.807, 2.05) is 67.6 Å². The van der Waals surface area contributed by atoms with Crippen LogP contribution in [0.5, 0.6) is 17.4 Å². The zero-order valence-corrected chi connectivity index (χ0v) is 21.8. The van der Waals surface area contributed by atoms with Gasteiger partial charge in [-0.15, -0.1) is 0 Å². The zero-order chi connectivity index (χ0) is 26.5. The summed E-state index contributed by atoms with van der Waals surface area (Å²) >= 11 is 6.41. The lowest BCUT2D eigenvalue weighted by Crippen LogP contribution is -2.30. The Balaban J connectivity index is 1.60. The summed E-state index contributed by atoms with van der Waals surface area (Å²) in [6, 6.07) is 27.7. The maximum Gasteiger partial charge on any atom is 0.256 e. The topological polar surface area (TPSA) is 69.7 Å². The predicted molar refractivity (Wildman–Crippen MR) is 145 cm³/mol. The minimum absolute atomic E-state index is 0.202. The number of carbonyl (C=O) groups excluding carboxylic acids is 1. The average molecular weight is 528 g/mol.